The quantitative estimate of drug-likeness (QED) is 0.834. The number of benzene rings is 1. The highest BCUT2D eigenvalue weighted by Gasteiger charge is 2.22. The van der Waals surface area contributed by atoms with Gasteiger partial charge in [-0.25, -0.2) is 4.39 Å². The first-order chi connectivity index (χ1) is 11.6. The van der Waals surface area contributed by atoms with Gasteiger partial charge in [0.25, 0.3) is 0 Å². The summed E-state index contributed by atoms with van der Waals surface area (Å²) < 4.78 is 19.6. The third-order valence-electron chi connectivity index (χ3n) is 4.30. The number of ether oxygens (including phenoxy) is 1. The molecule has 2 fully saturated rings. The zero-order chi connectivity index (χ0) is 16.9. The maximum atomic E-state index is 14.1. The van der Waals surface area contributed by atoms with Crippen LogP contribution in [-0.4, -0.2) is 49.1 Å². The summed E-state index contributed by atoms with van der Waals surface area (Å²) in [6.45, 7) is 1.95. The summed E-state index contributed by atoms with van der Waals surface area (Å²) in [6.07, 6.45) is 3.43. The van der Waals surface area contributed by atoms with Crippen molar-refractivity contribution < 1.29 is 18.7 Å². The number of carbonyl (C=O) groups excluding carboxylic acids is 2. The van der Waals surface area contributed by atoms with Gasteiger partial charge in [0.05, 0.1) is 18.3 Å². The third kappa shape index (κ3) is 4.23. The zero-order valence-electron chi connectivity index (χ0n) is 13.5. The van der Waals surface area contributed by atoms with Gasteiger partial charge >= 0.3 is 0 Å². The molecule has 0 saturated carbocycles. The predicted molar refractivity (Wildman–Crippen MR) is 88.3 cm³/mol. The SMILES string of the molecule is O=C(CN1CCCC1=O)Nc1ccc(NC[C@H]2CCCO2)c(F)c1. The fourth-order valence-electron chi connectivity index (χ4n) is 3.01. The first-order valence-electron chi connectivity index (χ1n) is 8.34. The molecule has 2 aliphatic rings. The Morgan fingerprint density at radius 2 is 2.25 bits per heavy atom. The third-order valence-corrected chi connectivity index (χ3v) is 4.30. The smallest absolute Gasteiger partial charge is 0.243 e. The number of nitrogens with zero attached hydrogens (tertiary/aromatic N) is 1. The first kappa shape index (κ1) is 16.7. The van der Waals surface area contributed by atoms with Crippen LogP contribution < -0.4 is 10.6 Å². The average Bonchev–Trinajstić information content (AvgIpc) is 3.19. The van der Waals surface area contributed by atoms with Crippen LogP contribution >= 0.6 is 0 Å². The molecule has 2 heterocycles. The van der Waals surface area contributed by atoms with Crippen molar-refractivity contribution in [3.05, 3.63) is 24.0 Å². The molecular formula is C17H22FN3O3. The van der Waals surface area contributed by atoms with Gasteiger partial charge in [0.2, 0.25) is 11.8 Å². The Morgan fingerprint density at radius 3 is 2.92 bits per heavy atom. The second-order valence-electron chi connectivity index (χ2n) is 6.18. The summed E-state index contributed by atoms with van der Waals surface area (Å²) in [4.78, 5) is 25.0. The monoisotopic (exact) mass is 335 g/mol. The largest absolute Gasteiger partial charge is 0.380 e. The summed E-state index contributed by atoms with van der Waals surface area (Å²) in [6, 6.07) is 4.52. The van der Waals surface area contributed by atoms with E-state index in [0.717, 1.165) is 25.9 Å². The second kappa shape index (κ2) is 7.61. The topological polar surface area (TPSA) is 70.7 Å². The molecule has 7 heteroatoms. The highest BCUT2D eigenvalue weighted by molar-refractivity contribution is 5.95. The first-order valence-corrected chi connectivity index (χ1v) is 8.34. The van der Waals surface area contributed by atoms with Gasteiger partial charge in [-0.3, -0.25) is 9.59 Å². The normalized spacial score (nSPS) is 20.5. The average molecular weight is 335 g/mol. The molecule has 1 aromatic rings. The van der Waals surface area contributed by atoms with Crippen molar-refractivity contribution in [3.8, 4) is 0 Å². The Labute approximate surface area is 140 Å². The van der Waals surface area contributed by atoms with E-state index in [9.17, 15) is 14.0 Å². The van der Waals surface area contributed by atoms with Crippen molar-refractivity contribution in [1.29, 1.82) is 0 Å². The molecular weight excluding hydrogens is 313 g/mol. The Kier molecular flexibility index (Phi) is 5.30. The second-order valence-corrected chi connectivity index (χ2v) is 6.18. The lowest BCUT2D eigenvalue weighted by Gasteiger charge is -2.16. The fourth-order valence-corrected chi connectivity index (χ4v) is 3.01. The molecule has 0 aromatic heterocycles. The molecule has 2 saturated heterocycles. The van der Waals surface area contributed by atoms with Gasteiger partial charge in [0.15, 0.2) is 0 Å². The molecule has 1 aromatic carbocycles. The molecule has 3 rings (SSSR count). The molecule has 2 amide bonds. The predicted octanol–water partition coefficient (Wildman–Crippen LogP) is 1.98. The fraction of sp³-hybridized carbons (Fsp3) is 0.529. The molecule has 0 bridgehead atoms. The molecule has 24 heavy (non-hydrogen) atoms. The Hall–Kier alpha value is -2.15. The lowest BCUT2D eigenvalue weighted by molar-refractivity contribution is -0.131. The number of carbonyl (C=O) groups is 2. The number of anilines is 2. The van der Waals surface area contributed by atoms with E-state index in [2.05, 4.69) is 10.6 Å². The van der Waals surface area contributed by atoms with Crippen molar-refractivity contribution in [2.45, 2.75) is 31.8 Å². The van der Waals surface area contributed by atoms with Crippen LogP contribution in [0.2, 0.25) is 0 Å². The van der Waals surface area contributed by atoms with Crippen LogP contribution in [-0.2, 0) is 14.3 Å². The minimum Gasteiger partial charge on any atom is -0.380 e. The van der Waals surface area contributed by atoms with E-state index >= 15 is 0 Å². The maximum absolute atomic E-state index is 14.1. The summed E-state index contributed by atoms with van der Waals surface area (Å²) in [5.41, 5.74) is 0.769. The van der Waals surface area contributed by atoms with Crippen molar-refractivity contribution in [1.82, 2.24) is 4.90 Å². The summed E-state index contributed by atoms with van der Waals surface area (Å²) in [5, 5.41) is 5.66. The molecule has 130 valence electrons. The van der Waals surface area contributed by atoms with Crippen LogP contribution in [0, 0.1) is 5.82 Å². The van der Waals surface area contributed by atoms with Gasteiger partial charge < -0.3 is 20.3 Å². The van der Waals surface area contributed by atoms with Gasteiger partial charge in [0, 0.05) is 31.8 Å². The van der Waals surface area contributed by atoms with Gasteiger partial charge in [-0.1, -0.05) is 0 Å². The van der Waals surface area contributed by atoms with E-state index in [1.165, 1.54) is 11.0 Å². The summed E-state index contributed by atoms with van der Waals surface area (Å²) in [5.74, 6) is -0.752. The van der Waals surface area contributed by atoms with Crippen LogP contribution in [0.3, 0.4) is 0 Å². The maximum Gasteiger partial charge on any atom is 0.243 e. The van der Waals surface area contributed by atoms with Crippen LogP contribution in [0.25, 0.3) is 0 Å². The van der Waals surface area contributed by atoms with E-state index < -0.39 is 5.82 Å². The molecule has 1 atom stereocenters. The van der Waals surface area contributed by atoms with E-state index in [0.29, 0.717) is 30.9 Å². The van der Waals surface area contributed by atoms with Crippen LogP contribution in [0.5, 0.6) is 0 Å². The Morgan fingerprint density at radius 1 is 1.38 bits per heavy atom. The number of amides is 2. The van der Waals surface area contributed by atoms with Gasteiger partial charge in [-0.05, 0) is 37.5 Å². The van der Waals surface area contributed by atoms with Crippen LogP contribution in [0.4, 0.5) is 15.8 Å². The highest BCUT2D eigenvalue weighted by atomic mass is 19.1. The van der Waals surface area contributed by atoms with Crippen LogP contribution in [0.15, 0.2) is 18.2 Å². The van der Waals surface area contributed by atoms with Crippen molar-refractivity contribution in [2.75, 3.05) is 36.9 Å². The molecule has 0 unspecified atom stereocenters. The number of rotatable bonds is 6. The number of hydrogen-bond donors (Lipinski definition) is 2. The minimum atomic E-state index is -0.428. The van der Waals surface area contributed by atoms with E-state index in [1.807, 2.05) is 0 Å². The number of likely N-dealkylation sites (tertiary alicyclic amines) is 1. The van der Waals surface area contributed by atoms with Crippen molar-refractivity contribution >= 4 is 23.2 Å². The van der Waals surface area contributed by atoms with Crippen molar-refractivity contribution in [3.63, 3.8) is 0 Å². The van der Waals surface area contributed by atoms with Gasteiger partial charge in [0.1, 0.15) is 5.82 Å². The lowest BCUT2D eigenvalue weighted by atomic mass is 10.2. The van der Waals surface area contributed by atoms with Gasteiger partial charge in [-0.15, -0.1) is 0 Å². The molecule has 0 spiro atoms. The molecule has 0 radical (unpaired) electrons. The number of hydrogen-bond acceptors (Lipinski definition) is 4. The molecule has 0 aliphatic carbocycles. The minimum absolute atomic E-state index is 0.00925. The highest BCUT2D eigenvalue weighted by Crippen LogP contribution is 2.20. The Balaban J connectivity index is 1.51. The molecule has 6 nitrogen and oxygen atoms in total. The zero-order valence-corrected chi connectivity index (χ0v) is 13.5. The van der Waals surface area contributed by atoms with Crippen LogP contribution in [0.1, 0.15) is 25.7 Å². The summed E-state index contributed by atoms with van der Waals surface area (Å²) >= 11 is 0. The molecule has 2 aliphatic heterocycles. The van der Waals surface area contributed by atoms with E-state index in [-0.39, 0.29) is 24.5 Å². The number of halogens is 1. The Bertz CT molecular complexity index is 617. The summed E-state index contributed by atoms with van der Waals surface area (Å²) in [7, 11) is 0. The van der Waals surface area contributed by atoms with Crippen molar-refractivity contribution in [2.24, 2.45) is 0 Å². The lowest BCUT2D eigenvalue weighted by Crippen LogP contribution is -2.33. The van der Waals surface area contributed by atoms with Gasteiger partial charge in [-0.2, -0.15) is 0 Å². The molecule has 2 N–H and O–H groups in total. The standard InChI is InChI=1S/C17H22FN3O3/c18-14-9-12(20-16(22)11-21-7-1-4-17(21)23)5-6-15(14)19-10-13-3-2-8-24-13/h5-6,9,13,19H,1-4,7-8,10-11H2,(H,20,22)/t13-/m1/s1. The number of nitrogens with one attached hydrogen (secondary N) is 2. The van der Waals surface area contributed by atoms with E-state index in [1.54, 1.807) is 12.1 Å². The van der Waals surface area contributed by atoms with E-state index in [4.69, 9.17) is 4.74 Å².